The molecule has 2 N–H and O–H groups in total. The Morgan fingerprint density at radius 1 is 1.13 bits per heavy atom. The molecule has 0 radical (unpaired) electrons. The molecule has 3 heterocycles. The minimum absolute atomic E-state index is 0.0198. The molecule has 0 unspecified atom stereocenters. The zero-order valence-electron chi connectivity index (χ0n) is 21.3. The van der Waals surface area contributed by atoms with Crippen LogP contribution in [0.25, 0.3) is 32.8 Å². The number of fused-ring (bicyclic) bond motifs is 2. The molecule has 0 saturated carbocycles. The van der Waals surface area contributed by atoms with E-state index in [1.54, 1.807) is 24.1 Å². The van der Waals surface area contributed by atoms with Crippen LogP contribution in [-0.2, 0) is 4.79 Å². The quantitative estimate of drug-likeness (QED) is 0.348. The molecule has 8 nitrogen and oxygen atoms in total. The van der Waals surface area contributed by atoms with E-state index in [0.29, 0.717) is 48.9 Å². The maximum atomic E-state index is 16.6. The highest BCUT2D eigenvalue weighted by atomic mass is 35.5. The van der Waals surface area contributed by atoms with E-state index < -0.39 is 5.82 Å². The van der Waals surface area contributed by atoms with Crippen LogP contribution in [0.2, 0.25) is 5.02 Å². The molecule has 2 aliphatic rings. The van der Waals surface area contributed by atoms with Crippen LogP contribution in [0.1, 0.15) is 0 Å². The largest absolute Gasteiger partial charge is 0.508 e. The number of alkyl halides is 1. The fourth-order valence-corrected chi connectivity index (χ4v) is 5.82. The summed E-state index contributed by atoms with van der Waals surface area (Å²) in [5.41, 5.74) is 0.833. The van der Waals surface area contributed by atoms with Gasteiger partial charge >= 0.3 is 0 Å². The highest BCUT2D eigenvalue weighted by molar-refractivity contribution is 6.35. The van der Waals surface area contributed by atoms with E-state index in [9.17, 15) is 9.90 Å². The molecule has 202 valence electrons. The number of rotatable bonds is 5. The number of phenolic OH excluding ortho intramolecular Hbond substituents is 1. The van der Waals surface area contributed by atoms with Gasteiger partial charge in [-0.3, -0.25) is 4.79 Å². The van der Waals surface area contributed by atoms with Gasteiger partial charge in [-0.15, -0.1) is 11.6 Å². The van der Waals surface area contributed by atoms with Crippen molar-refractivity contribution in [1.82, 2.24) is 20.2 Å². The minimum atomic E-state index is -0.570. The molecule has 3 aromatic carbocycles. The molecule has 2 aliphatic heterocycles. The van der Waals surface area contributed by atoms with Crippen LogP contribution in [0.3, 0.4) is 0 Å². The van der Waals surface area contributed by atoms with Crippen molar-refractivity contribution in [1.29, 1.82) is 0 Å². The number of carbonyl (C=O) groups is 1. The maximum absolute atomic E-state index is 16.6. The number of nitrogens with one attached hydrogen (secondary N) is 1. The van der Waals surface area contributed by atoms with Gasteiger partial charge in [-0.1, -0.05) is 35.9 Å². The number of hydrogen-bond donors (Lipinski definition) is 2. The van der Waals surface area contributed by atoms with Crippen LogP contribution in [0.4, 0.5) is 16.2 Å². The average molecular weight is 569 g/mol. The Hall–Kier alpha value is -3.40. The number of amides is 1. The van der Waals surface area contributed by atoms with Gasteiger partial charge in [0.25, 0.3) is 0 Å². The Labute approximate surface area is 234 Å². The van der Waals surface area contributed by atoms with Crippen molar-refractivity contribution in [2.75, 3.05) is 62.0 Å². The molecular formula is C28H27Cl2FN6O2. The van der Waals surface area contributed by atoms with E-state index in [-0.39, 0.29) is 39.7 Å². The highest BCUT2D eigenvalue weighted by Gasteiger charge is 2.35. The summed E-state index contributed by atoms with van der Waals surface area (Å²) in [5, 5.41) is 16.0. The van der Waals surface area contributed by atoms with Crippen molar-refractivity contribution in [3.8, 4) is 16.9 Å². The second kappa shape index (κ2) is 10.3. The Morgan fingerprint density at radius 3 is 2.62 bits per heavy atom. The second-order valence-electron chi connectivity index (χ2n) is 9.94. The van der Waals surface area contributed by atoms with Crippen molar-refractivity contribution in [3.63, 3.8) is 0 Å². The van der Waals surface area contributed by atoms with Gasteiger partial charge in [0.05, 0.1) is 11.1 Å². The van der Waals surface area contributed by atoms with Gasteiger partial charge in [0.15, 0.2) is 5.82 Å². The van der Waals surface area contributed by atoms with E-state index in [4.69, 9.17) is 28.2 Å². The van der Waals surface area contributed by atoms with E-state index in [1.807, 2.05) is 29.2 Å². The lowest BCUT2D eigenvalue weighted by Crippen LogP contribution is -2.60. The first kappa shape index (κ1) is 25.9. The van der Waals surface area contributed by atoms with E-state index in [0.717, 1.165) is 23.9 Å². The first-order chi connectivity index (χ1) is 18.9. The predicted octanol–water partition coefficient (Wildman–Crippen LogP) is 4.24. The van der Waals surface area contributed by atoms with Crippen molar-refractivity contribution in [3.05, 3.63) is 53.3 Å². The number of benzene rings is 3. The molecule has 11 heteroatoms. The number of nitrogens with zero attached hydrogens (tertiary/aromatic N) is 5. The van der Waals surface area contributed by atoms with Crippen LogP contribution in [0.5, 0.6) is 5.75 Å². The van der Waals surface area contributed by atoms with Gasteiger partial charge in [-0.25, -0.2) is 9.37 Å². The Kier molecular flexibility index (Phi) is 6.82. The Balaban J connectivity index is 1.50. The van der Waals surface area contributed by atoms with Crippen LogP contribution in [0, 0.1) is 5.82 Å². The molecule has 0 spiro atoms. The number of phenols is 1. The smallest absolute Gasteiger partial charge is 0.237 e. The predicted molar refractivity (Wildman–Crippen MR) is 154 cm³/mol. The minimum Gasteiger partial charge on any atom is -0.508 e. The summed E-state index contributed by atoms with van der Waals surface area (Å²) >= 11 is 12.5. The molecule has 6 rings (SSSR count). The second-order valence-corrected chi connectivity index (χ2v) is 10.6. The summed E-state index contributed by atoms with van der Waals surface area (Å²) in [5.74, 6) is 0.243. The Morgan fingerprint density at radius 2 is 1.87 bits per heavy atom. The maximum Gasteiger partial charge on any atom is 0.237 e. The van der Waals surface area contributed by atoms with Crippen molar-refractivity contribution in [2.24, 2.45) is 0 Å². The highest BCUT2D eigenvalue weighted by Crippen LogP contribution is 2.42. The number of hydrogen-bond acceptors (Lipinski definition) is 7. The summed E-state index contributed by atoms with van der Waals surface area (Å²) in [4.78, 5) is 27.3. The van der Waals surface area contributed by atoms with E-state index in [2.05, 4.69) is 15.2 Å². The third-order valence-electron chi connectivity index (χ3n) is 7.58. The fourth-order valence-electron chi connectivity index (χ4n) is 5.34. The third kappa shape index (κ3) is 4.58. The van der Waals surface area contributed by atoms with Crippen molar-refractivity contribution < 1.29 is 14.3 Å². The van der Waals surface area contributed by atoms with Gasteiger partial charge in [-0.05, 0) is 34.5 Å². The van der Waals surface area contributed by atoms with Gasteiger partial charge < -0.3 is 25.1 Å². The Bertz CT molecular complexity index is 1590. The lowest BCUT2D eigenvalue weighted by atomic mass is 9.96. The summed E-state index contributed by atoms with van der Waals surface area (Å²) in [6, 6.07) is 12.3. The monoisotopic (exact) mass is 568 g/mol. The normalized spacial score (nSPS) is 16.1. The third-order valence-corrected chi connectivity index (χ3v) is 8.11. The zero-order valence-corrected chi connectivity index (χ0v) is 22.8. The van der Waals surface area contributed by atoms with Crippen molar-refractivity contribution in [2.45, 2.75) is 6.04 Å². The molecule has 0 atom stereocenters. The van der Waals surface area contributed by atoms with E-state index in [1.165, 1.54) is 6.07 Å². The molecular weight excluding hydrogens is 542 g/mol. The summed E-state index contributed by atoms with van der Waals surface area (Å²) < 4.78 is 16.6. The van der Waals surface area contributed by atoms with E-state index >= 15 is 4.39 Å². The average Bonchev–Trinajstić information content (AvgIpc) is 2.92. The number of piperazine rings is 1. The SMILES string of the molecule is CN(C(=O)CCl)C1CN(c2nc(N3CCNCC3)c3cc(Cl)c(-c4cc(O)cc5ccccc45)c(F)c3n2)C1. The van der Waals surface area contributed by atoms with Gasteiger partial charge in [-0.2, -0.15) is 4.98 Å². The standard InChI is InChI=1S/C28H27Cl2FN6O2/c1-35(23(39)13-29)17-14-37(15-17)28-33-26-21(27(34-28)36-8-6-32-7-9-36)12-22(30)24(25(26)31)20-11-18(38)10-16-4-2-3-5-19(16)20/h2-5,10-12,17,32,38H,6-9,13-15H2,1H3. The number of carbonyl (C=O) groups excluding carboxylic acids is 1. The molecule has 1 amide bonds. The van der Waals surface area contributed by atoms with Gasteiger partial charge in [0.2, 0.25) is 11.9 Å². The van der Waals surface area contributed by atoms with Gasteiger partial charge in [0.1, 0.15) is 23.0 Å². The molecule has 2 fully saturated rings. The fraction of sp³-hybridized carbons (Fsp3) is 0.321. The molecule has 0 aliphatic carbocycles. The number of halogens is 3. The molecule has 2 saturated heterocycles. The first-order valence-electron chi connectivity index (χ1n) is 12.8. The van der Waals surface area contributed by atoms with Crippen LogP contribution in [-0.4, -0.2) is 84.1 Å². The molecule has 39 heavy (non-hydrogen) atoms. The summed E-state index contributed by atoms with van der Waals surface area (Å²) in [7, 11) is 1.73. The number of aromatic hydroxyl groups is 1. The number of likely N-dealkylation sites (N-methyl/N-ethyl adjacent to an activating group) is 1. The van der Waals surface area contributed by atoms with Crippen molar-refractivity contribution >= 4 is 62.6 Å². The van der Waals surface area contributed by atoms with Crippen LogP contribution in [0.15, 0.2) is 42.5 Å². The lowest BCUT2D eigenvalue weighted by molar-refractivity contribution is -0.129. The zero-order chi connectivity index (χ0) is 27.3. The molecule has 0 bridgehead atoms. The van der Waals surface area contributed by atoms with Crippen LogP contribution < -0.4 is 15.1 Å². The number of anilines is 2. The molecule has 4 aromatic rings. The summed E-state index contributed by atoms with van der Waals surface area (Å²) in [6.07, 6.45) is 0. The van der Waals surface area contributed by atoms with Crippen LogP contribution >= 0.6 is 23.2 Å². The number of aromatic nitrogens is 2. The lowest BCUT2D eigenvalue weighted by Gasteiger charge is -2.44. The summed E-state index contributed by atoms with van der Waals surface area (Å²) in [6.45, 7) is 4.01. The van der Waals surface area contributed by atoms with Gasteiger partial charge in [0, 0.05) is 57.3 Å². The topological polar surface area (TPSA) is 84.8 Å². The molecule has 1 aromatic heterocycles. The first-order valence-corrected chi connectivity index (χ1v) is 13.7.